The largest absolute Gasteiger partial charge is 0.495 e. The van der Waals surface area contributed by atoms with E-state index in [1.165, 1.54) is 7.11 Å². The van der Waals surface area contributed by atoms with Crippen molar-refractivity contribution in [2.24, 2.45) is 0 Å². The van der Waals surface area contributed by atoms with Gasteiger partial charge in [0.1, 0.15) is 16.5 Å². The molecule has 1 saturated heterocycles. The second-order valence-corrected chi connectivity index (χ2v) is 5.31. The smallest absolute Gasteiger partial charge is 0.147 e. The molecule has 1 aliphatic heterocycles. The SMILES string of the molecule is COc1ccc(C(O)CCC2CCCO2)c(OC)c1Cl. The molecule has 0 radical (unpaired) electrons. The van der Waals surface area contributed by atoms with Crippen LogP contribution in [0.15, 0.2) is 12.1 Å². The van der Waals surface area contributed by atoms with Crippen LogP contribution in [0.5, 0.6) is 11.5 Å². The first-order valence-electron chi connectivity index (χ1n) is 6.87. The third-order valence-corrected chi connectivity index (χ3v) is 4.02. The van der Waals surface area contributed by atoms with Crippen LogP contribution >= 0.6 is 11.6 Å². The maximum Gasteiger partial charge on any atom is 0.147 e. The zero-order valence-corrected chi connectivity index (χ0v) is 12.7. The molecule has 1 heterocycles. The molecule has 112 valence electrons. The fourth-order valence-electron chi connectivity index (χ4n) is 2.55. The van der Waals surface area contributed by atoms with Crippen LogP contribution in [-0.4, -0.2) is 32.0 Å². The number of aliphatic hydroxyl groups excluding tert-OH is 1. The molecule has 1 aliphatic rings. The van der Waals surface area contributed by atoms with Crippen molar-refractivity contribution in [3.63, 3.8) is 0 Å². The molecule has 2 unspecified atom stereocenters. The molecule has 0 aliphatic carbocycles. The minimum Gasteiger partial charge on any atom is -0.495 e. The van der Waals surface area contributed by atoms with Crippen LogP contribution in [0.1, 0.15) is 37.4 Å². The molecular weight excluding hydrogens is 280 g/mol. The topological polar surface area (TPSA) is 47.9 Å². The van der Waals surface area contributed by atoms with E-state index in [-0.39, 0.29) is 6.10 Å². The number of rotatable bonds is 6. The Morgan fingerprint density at radius 2 is 2.20 bits per heavy atom. The maximum absolute atomic E-state index is 10.3. The van der Waals surface area contributed by atoms with Gasteiger partial charge in [0.2, 0.25) is 0 Å². The summed E-state index contributed by atoms with van der Waals surface area (Å²) in [5, 5.41) is 10.7. The van der Waals surface area contributed by atoms with E-state index in [9.17, 15) is 5.11 Å². The highest BCUT2D eigenvalue weighted by atomic mass is 35.5. The lowest BCUT2D eigenvalue weighted by Gasteiger charge is -2.18. The third kappa shape index (κ3) is 3.37. The Kier molecular flexibility index (Phi) is 5.52. The summed E-state index contributed by atoms with van der Waals surface area (Å²) in [5.41, 5.74) is 0.691. The first kappa shape index (κ1) is 15.4. The van der Waals surface area contributed by atoms with Crippen molar-refractivity contribution in [3.05, 3.63) is 22.7 Å². The van der Waals surface area contributed by atoms with Gasteiger partial charge in [-0.2, -0.15) is 0 Å². The Labute approximate surface area is 124 Å². The average Bonchev–Trinajstić information content (AvgIpc) is 2.97. The first-order chi connectivity index (χ1) is 9.67. The van der Waals surface area contributed by atoms with Crippen LogP contribution in [0.4, 0.5) is 0 Å². The fraction of sp³-hybridized carbons (Fsp3) is 0.600. The van der Waals surface area contributed by atoms with Gasteiger partial charge in [-0.1, -0.05) is 11.6 Å². The lowest BCUT2D eigenvalue weighted by atomic mass is 10.0. The van der Waals surface area contributed by atoms with Gasteiger partial charge < -0.3 is 19.3 Å². The highest BCUT2D eigenvalue weighted by molar-refractivity contribution is 6.33. The Bertz CT molecular complexity index is 444. The molecule has 1 N–H and O–H groups in total. The van der Waals surface area contributed by atoms with E-state index in [2.05, 4.69) is 0 Å². The van der Waals surface area contributed by atoms with E-state index >= 15 is 0 Å². The molecule has 0 aromatic heterocycles. The van der Waals surface area contributed by atoms with Crippen LogP contribution in [0.3, 0.4) is 0 Å². The fourth-order valence-corrected chi connectivity index (χ4v) is 2.88. The van der Waals surface area contributed by atoms with E-state index in [4.69, 9.17) is 25.8 Å². The van der Waals surface area contributed by atoms with Crippen LogP contribution in [0.2, 0.25) is 5.02 Å². The van der Waals surface area contributed by atoms with Crippen LogP contribution in [0, 0.1) is 0 Å². The standard InChI is InChI=1S/C15H21ClO4/c1-18-13-8-6-11(15(19-2)14(13)16)12(17)7-5-10-4-3-9-20-10/h6,8,10,12,17H,3-5,7,9H2,1-2H3. The van der Waals surface area contributed by atoms with Gasteiger partial charge in [-0.15, -0.1) is 0 Å². The predicted molar refractivity (Wildman–Crippen MR) is 77.7 cm³/mol. The van der Waals surface area contributed by atoms with Gasteiger partial charge in [0.05, 0.1) is 26.4 Å². The lowest BCUT2D eigenvalue weighted by molar-refractivity contribution is 0.0805. The summed E-state index contributed by atoms with van der Waals surface area (Å²) < 4.78 is 16.0. The van der Waals surface area contributed by atoms with Crippen molar-refractivity contribution in [1.29, 1.82) is 0 Å². The molecule has 0 spiro atoms. The van der Waals surface area contributed by atoms with Gasteiger partial charge in [0.25, 0.3) is 0 Å². The summed E-state index contributed by atoms with van der Waals surface area (Å²) in [6.45, 7) is 0.832. The van der Waals surface area contributed by atoms with E-state index < -0.39 is 6.10 Å². The monoisotopic (exact) mass is 300 g/mol. The summed E-state index contributed by atoms with van der Waals surface area (Å²) in [4.78, 5) is 0. The number of benzene rings is 1. The van der Waals surface area contributed by atoms with E-state index in [0.29, 0.717) is 28.5 Å². The van der Waals surface area contributed by atoms with Crippen molar-refractivity contribution in [2.45, 2.75) is 37.9 Å². The van der Waals surface area contributed by atoms with Crippen molar-refractivity contribution < 1.29 is 19.3 Å². The van der Waals surface area contributed by atoms with E-state index in [0.717, 1.165) is 25.9 Å². The highest BCUT2D eigenvalue weighted by Gasteiger charge is 2.22. The molecule has 2 rings (SSSR count). The summed E-state index contributed by atoms with van der Waals surface area (Å²) in [5.74, 6) is 1.02. The second kappa shape index (κ2) is 7.16. The average molecular weight is 301 g/mol. The van der Waals surface area contributed by atoms with Crippen molar-refractivity contribution in [2.75, 3.05) is 20.8 Å². The van der Waals surface area contributed by atoms with E-state index in [1.807, 2.05) is 0 Å². The minimum absolute atomic E-state index is 0.268. The molecule has 1 aromatic carbocycles. The normalized spacial score (nSPS) is 19.9. The number of hydrogen-bond acceptors (Lipinski definition) is 4. The third-order valence-electron chi connectivity index (χ3n) is 3.66. The molecule has 0 amide bonds. The van der Waals surface area contributed by atoms with Gasteiger partial charge in [-0.3, -0.25) is 0 Å². The quantitative estimate of drug-likeness (QED) is 0.875. The Morgan fingerprint density at radius 1 is 1.40 bits per heavy atom. The molecule has 4 nitrogen and oxygen atoms in total. The molecule has 1 fully saturated rings. The number of halogens is 1. The number of methoxy groups -OCH3 is 2. The van der Waals surface area contributed by atoms with Gasteiger partial charge in [0, 0.05) is 12.2 Å². The lowest BCUT2D eigenvalue weighted by Crippen LogP contribution is -2.09. The number of hydrogen-bond donors (Lipinski definition) is 1. The van der Waals surface area contributed by atoms with Gasteiger partial charge in [-0.05, 0) is 37.8 Å². The summed E-state index contributed by atoms with van der Waals surface area (Å²) >= 11 is 6.20. The zero-order valence-electron chi connectivity index (χ0n) is 11.9. The molecule has 2 atom stereocenters. The van der Waals surface area contributed by atoms with E-state index in [1.54, 1.807) is 19.2 Å². The van der Waals surface area contributed by atoms with Crippen molar-refractivity contribution in [1.82, 2.24) is 0 Å². The van der Waals surface area contributed by atoms with Crippen LogP contribution in [0.25, 0.3) is 0 Å². The molecule has 5 heteroatoms. The molecular formula is C15H21ClO4. The van der Waals surface area contributed by atoms with Crippen molar-refractivity contribution >= 4 is 11.6 Å². The Morgan fingerprint density at radius 3 is 2.80 bits per heavy atom. The Hall–Kier alpha value is -0.970. The number of aliphatic hydroxyl groups is 1. The number of ether oxygens (including phenoxy) is 3. The summed E-state index contributed by atoms with van der Waals surface area (Å²) in [6, 6.07) is 3.54. The van der Waals surface area contributed by atoms with Crippen molar-refractivity contribution in [3.8, 4) is 11.5 Å². The molecule has 0 saturated carbocycles. The predicted octanol–water partition coefficient (Wildman–Crippen LogP) is 3.35. The maximum atomic E-state index is 10.3. The van der Waals surface area contributed by atoms with Gasteiger partial charge >= 0.3 is 0 Å². The summed E-state index contributed by atoms with van der Waals surface area (Å²) in [6.07, 6.45) is 3.31. The summed E-state index contributed by atoms with van der Waals surface area (Å²) in [7, 11) is 3.09. The highest BCUT2D eigenvalue weighted by Crippen LogP contribution is 2.40. The second-order valence-electron chi connectivity index (χ2n) is 4.93. The van der Waals surface area contributed by atoms with Gasteiger partial charge in [0.15, 0.2) is 0 Å². The Balaban J connectivity index is 2.08. The molecule has 1 aromatic rings. The van der Waals surface area contributed by atoms with Gasteiger partial charge in [-0.25, -0.2) is 0 Å². The first-order valence-corrected chi connectivity index (χ1v) is 7.25. The minimum atomic E-state index is -0.613. The zero-order chi connectivity index (χ0) is 14.5. The molecule has 20 heavy (non-hydrogen) atoms. The van der Waals surface area contributed by atoms with Crippen LogP contribution in [-0.2, 0) is 4.74 Å². The van der Waals surface area contributed by atoms with Crippen LogP contribution < -0.4 is 9.47 Å². The molecule has 0 bridgehead atoms.